The second-order valence-corrected chi connectivity index (χ2v) is 3.95. The van der Waals surface area contributed by atoms with Crippen LogP contribution in [-0.4, -0.2) is 30.7 Å². The van der Waals surface area contributed by atoms with Gasteiger partial charge in [0.05, 0.1) is 6.17 Å². The van der Waals surface area contributed by atoms with E-state index < -0.39 is 0 Å². The highest BCUT2D eigenvalue weighted by Gasteiger charge is 2.17. The summed E-state index contributed by atoms with van der Waals surface area (Å²) in [6.07, 6.45) is 7.43. The maximum absolute atomic E-state index is 3.60. The molecule has 1 N–H and O–H groups in total. The summed E-state index contributed by atoms with van der Waals surface area (Å²) in [6.45, 7) is 8.21. The molecule has 0 bridgehead atoms. The van der Waals surface area contributed by atoms with E-state index in [4.69, 9.17) is 0 Å². The maximum Gasteiger partial charge on any atom is 0.0596 e. The fraction of sp³-hybridized carbons (Fsp3) is 1.00. The normalized spacial score (nSPS) is 23.8. The van der Waals surface area contributed by atoms with Gasteiger partial charge in [0.25, 0.3) is 0 Å². The SMILES string of the molecule is CCCCN(CC)C1CCCCN1. The van der Waals surface area contributed by atoms with E-state index >= 15 is 0 Å². The summed E-state index contributed by atoms with van der Waals surface area (Å²) in [5.74, 6) is 0. The van der Waals surface area contributed by atoms with Crippen LogP contribution >= 0.6 is 0 Å². The zero-order chi connectivity index (χ0) is 9.52. The van der Waals surface area contributed by atoms with Gasteiger partial charge in [-0.25, -0.2) is 0 Å². The van der Waals surface area contributed by atoms with Crippen molar-refractivity contribution in [1.29, 1.82) is 0 Å². The average Bonchev–Trinajstić information content (AvgIpc) is 2.21. The first-order valence-corrected chi connectivity index (χ1v) is 5.86. The first-order chi connectivity index (χ1) is 6.38. The van der Waals surface area contributed by atoms with Crippen molar-refractivity contribution in [1.82, 2.24) is 10.2 Å². The lowest BCUT2D eigenvalue weighted by molar-refractivity contribution is 0.142. The topological polar surface area (TPSA) is 15.3 Å². The van der Waals surface area contributed by atoms with Crippen LogP contribution in [-0.2, 0) is 0 Å². The van der Waals surface area contributed by atoms with Crippen LogP contribution in [0, 0.1) is 0 Å². The van der Waals surface area contributed by atoms with Crippen molar-refractivity contribution in [2.24, 2.45) is 0 Å². The summed E-state index contributed by atoms with van der Waals surface area (Å²) < 4.78 is 0. The lowest BCUT2D eigenvalue weighted by Gasteiger charge is -2.34. The number of unbranched alkanes of at least 4 members (excludes halogenated alkanes) is 1. The molecule has 1 rings (SSSR count). The third-order valence-electron chi connectivity index (χ3n) is 2.93. The summed E-state index contributed by atoms with van der Waals surface area (Å²) in [5.41, 5.74) is 0. The minimum absolute atomic E-state index is 0.672. The lowest BCUT2D eigenvalue weighted by atomic mass is 10.1. The predicted molar refractivity (Wildman–Crippen MR) is 57.8 cm³/mol. The van der Waals surface area contributed by atoms with Crippen molar-refractivity contribution in [2.75, 3.05) is 19.6 Å². The number of nitrogens with one attached hydrogen (secondary N) is 1. The molecular weight excluding hydrogens is 160 g/mol. The highest BCUT2D eigenvalue weighted by molar-refractivity contribution is 4.72. The van der Waals surface area contributed by atoms with Gasteiger partial charge in [-0.15, -0.1) is 0 Å². The van der Waals surface area contributed by atoms with Crippen molar-refractivity contribution < 1.29 is 0 Å². The molecule has 1 fully saturated rings. The summed E-state index contributed by atoms with van der Waals surface area (Å²) in [4.78, 5) is 2.59. The monoisotopic (exact) mass is 184 g/mol. The molecule has 0 radical (unpaired) electrons. The molecule has 0 amide bonds. The smallest absolute Gasteiger partial charge is 0.0596 e. The van der Waals surface area contributed by atoms with E-state index in [1.165, 1.54) is 51.7 Å². The second kappa shape index (κ2) is 6.39. The van der Waals surface area contributed by atoms with Crippen LogP contribution in [0.15, 0.2) is 0 Å². The van der Waals surface area contributed by atoms with Gasteiger partial charge >= 0.3 is 0 Å². The van der Waals surface area contributed by atoms with Gasteiger partial charge in [-0.2, -0.15) is 0 Å². The molecule has 1 heterocycles. The number of hydrogen-bond donors (Lipinski definition) is 1. The van der Waals surface area contributed by atoms with Crippen molar-refractivity contribution in [3.05, 3.63) is 0 Å². The molecule has 0 aromatic heterocycles. The molecule has 0 saturated carbocycles. The van der Waals surface area contributed by atoms with Crippen LogP contribution < -0.4 is 5.32 Å². The molecule has 1 saturated heterocycles. The van der Waals surface area contributed by atoms with E-state index in [0.717, 1.165) is 0 Å². The average molecular weight is 184 g/mol. The highest BCUT2D eigenvalue weighted by atomic mass is 15.3. The molecule has 78 valence electrons. The third kappa shape index (κ3) is 3.65. The van der Waals surface area contributed by atoms with Crippen LogP contribution in [0.1, 0.15) is 46.0 Å². The molecule has 1 atom stereocenters. The molecule has 1 aliphatic rings. The van der Waals surface area contributed by atoms with E-state index in [0.29, 0.717) is 6.17 Å². The quantitative estimate of drug-likeness (QED) is 0.704. The van der Waals surface area contributed by atoms with Crippen LogP contribution in [0.3, 0.4) is 0 Å². The highest BCUT2D eigenvalue weighted by Crippen LogP contribution is 2.11. The van der Waals surface area contributed by atoms with Gasteiger partial charge in [0.15, 0.2) is 0 Å². The Balaban J connectivity index is 2.26. The van der Waals surface area contributed by atoms with E-state index in [2.05, 4.69) is 24.1 Å². The number of piperidine rings is 1. The molecule has 2 heteroatoms. The van der Waals surface area contributed by atoms with E-state index in [1.807, 2.05) is 0 Å². The Bertz CT molecular complexity index is 119. The van der Waals surface area contributed by atoms with Crippen LogP contribution in [0.25, 0.3) is 0 Å². The van der Waals surface area contributed by atoms with Gasteiger partial charge in [-0.1, -0.05) is 20.3 Å². The Morgan fingerprint density at radius 1 is 1.31 bits per heavy atom. The van der Waals surface area contributed by atoms with E-state index in [9.17, 15) is 0 Å². The van der Waals surface area contributed by atoms with E-state index in [-0.39, 0.29) is 0 Å². The van der Waals surface area contributed by atoms with Gasteiger partial charge in [0.2, 0.25) is 0 Å². The summed E-state index contributed by atoms with van der Waals surface area (Å²) >= 11 is 0. The zero-order valence-corrected chi connectivity index (χ0v) is 9.18. The first-order valence-electron chi connectivity index (χ1n) is 5.86. The van der Waals surface area contributed by atoms with Crippen LogP contribution in [0.4, 0.5) is 0 Å². The Morgan fingerprint density at radius 3 is 2.69 bits per heavy atom. The van der Waals surface area contributed by atoms with Gasteiger partial charge in [0.1, 0.15) is 0 Å². The maximum atomic E-state index is 3.60. The summed E-state index contributed by atoms with van der Waals surface area (Å²) in [6, 6.07) is 0. The van der Waals surface area contributed by atoms with Gasteiger partial charge in [-0.05, 0) is 45.3 Å². The summed E-state index contributed by atoms with van der Waals surface area (Å²) in [7, 11) is 0. The fourth-order valence-electron chi connectivity index (χ4n) is 2.04. The Morgan fingerprint density at radius 2 is 2.15 bits per heavy atom. The Kier molecular flexibility index (Phi) is 5.40. The van der Waals surface area contributed by atoms with E-state index in [1.54, 1.807) is 0 Å². The summed E-state index contributed by atoms with van der Waals surface area (Å²) in [5, 5.41) is 3.60. The lowest BCUT2D eigenvalue weighted by Crippen LogP contribution is -2.48. The number of nitrogens with zero attached hydrogens (tertiary/aromatic N) is 1. The molecule has 1 unspecified atom stereocenters. The molecule has 0 aromatic rings. The van der Waals surface area contributed by atoms with Crippen LogP contribution in [0.2, 0.25) is 0 Å². The second-order valence-electron chi connectivity index (χ2n) is 3.95. The first kappa shape index (κ1) is 11.0. The molecular formula is C11H24N2. The largest absolute Gasteiger partial charge is 0.302 e. The predicted octanol–water partition coefficient (Wildman–Crippen LogP) is 2.21. The van der Waals surface area contributed by atoms with Crippen molar-refractivity contribution >= 4 is 0 Å². The minimum Gasteiger partial charge on any atom is -0.302 e. The Labute approximate surface area is 82.7 Å². The molecule has 0 aliphatic carbocycles. The van der Waals surface area contributed by atoms with Crippen molar-refractivity contribution in [2.45, 2.75) is 52.1 Å². The molecule has 13 heavy (non-hydrogen) atoms. The standard InChI is InChI=1S/C11H24N2/c1-3-5-10-13(4-2)11-8-6-7-9-12-11/h11-12H,3-10H2,1-2H3. The third-order valence-corrected chi connectivity index (χ3v) is 2.93. The number of hydrogen-bond acceptors (Lipinski definition) is 2. The van der Waals surface area contributed by atoms with Gasteiger partial charge < -0.3 is 5.32 Å². The number of rotatable bonds is 5. The van der Waals surface area contributed by atoms with Gasteiger partial charge in [0, 0.05) is 0 Å². The minimum atomic E-state index is 0.672. The fourth-order valence-corrected chi connectivity index (χ4v) is 2.04. The van der Waals surface area contributed by atoms with Crippen molar-refractivity contribution in [3.8, 4) is 0 Å². The molecule has 2 nitrogen and oxygen atoms in total. The van der Waals surface area contributed by atoms with Gasteiger partial charge in [-0.3, -0.25) is 4.90 Å². The Hall–Kier alpha value is -0.0800. The zero-order valence-electron chi connectivity index (χ0n) is 9.18. The molecule has 1 aliphatic heterocycles. The van der Waals surface area contributed by atoms with Crippen LogP contribution in [0.5, 0.6) is 0 Å². The molecule has 0 aromatic carbocycles. The molecule has 0 spiro atoms. The van der Waals surface area contributed by atoms with Crippen molar-refractivity contribution in [3.63, 3.8) is 0 Å².